The number of amides is 3. The van der Waals surface area contributed by atoms with Gasteiger partial charge in [0.15, 0.2) is 6.10 Å². The highest BCUT2D eigenvalue weighted by atomic mass is 32.2. The zero-order valence-electron chi connectivity index (χ0n) is 19.3. The van der Waals surface area contributed by atoms with E-state index in [2.05, 4.69) is 20.8 Å². The second-order valence-corrected chi connectivity index (χ2v) is 11.3. The van der Waals surface area contributed by atoms with Crippen LogP contribution in [0.15, 0.2) is 29.2 Å². The summed E-state index contributed by atoms with van der Waals surface area (Å²) in [4.78, 5) is 35.8. The summed E-state index contributed by atoms with van der Waals surface area (Å²) >= 11 is 0. The van der Waals surface area contributed by atoms with E-state index >= 15 is 0 Å². The smallest absolute Gasteiger partial charge is 0.318 e. The SMILES string of the molecule is CC(C)C(OC(=O)C1CCN(S(=O)(=O)c2ccc(C(C)(C)C)cc2)CC1)C(=O)NC(N)=O. The molecule has 1 atom stereocenters. The van der Waals surface area contributed by atoms with Crippen LogP contribution in [0.3, 0.4) is 0 Å². The first-order valence-corrected chi connectivity index (χ1v) is 12.1. The number of hydrogen-bond acceptors (Lipinski definition) is 6. The lowest BCUT2D eigenvalue weighted by molar-refractivity contribution is -0.163. The summed E-state index contributed by atoms with van der Waals surface area (Å²) in [5, 5.41) is 1.93. The van der Waals surface area contributed by atoms with Gasteiger partial charge in [-0.25, -0.2) is 13.2 Å². The quantitative estimate of drug-likeness (QED) is 0.615. The van der Waals surface area contributed by atoms with E-state index in [9.17, 15) is 22.8 Å². The van der Waals surface area contributed by atoms with Crippen molar-refractivity contribution in [2.75, 3.05) is 13.1 Å². The normalized spacial score (nSPS) is 17.1. The maximum absolute atomic E-state index is 13.0. The van der Waals surface area contributed by atoms with Crippen molar-refractivity contribution in [3.8, 4) is 0 Å². The number of urea groups is 1. The minimum absolute atomic E-state index is 0.0802. The minimum atomic E-state index is -3.67. The number of carbonyl (C=O) groups excluding carboxylic acids is 3. The Morgan fingerprint density at radius 3 is 2.06 bits per heavy atom. The van der Waals surface area contributed by atoms with Gasteiger partial charge < -0.3 is 10.5 Å². The van der Waals surface area contributed by atoms with Crippen LogP contribution in [-0.4, -0.2) is 49.8 Å². The second-order valence-electron chi connectivity index (χ2n) is 9.41. The van der Waals surface area contributed by atoms with Gasteiger partial charge in [-0.1, -0.05) is 46.8 Å². The monoisotopic (exact) mass is 467 g/mol. The zero-order chi connectivity index (χ0) is 24.3. The molecule has 10 heteroatoms. The van der Waals surface area contributed by atoms with Crippen molar-refractivity contribution in [2.24, 2.45) is 17.6 Å². The highest BCUT2D eigenvalue weighted by molar-refractivity contribution is 7.89. The Hall–Kier alpha value is -2.46. The molecule has 1 saturated heterocycles. The van der Waals surface area contributed by atoms with Crippen molar-refractivity contribution in [3.63, 3.8) is 0 Å². The van der Waals surface area contributed by atoms with Crippen LogP contribution in [0.4, 0.5) is 4.79 Å². The number of nitrogens with one attached hydrogen (secondary N) is 1. The van der Waals surface area contributed by atoms with E-state index in [1.807, 2.05) is 17.4 Å². The Labute approximate surface area is 189 Å². The molecule has 0 aliphatic carbocycles. The number of sulfonamides is 1. The molecule has 1 heterocycles. The fourth-order valence-electron chi connectivity index (χ4n) is 3.51. The number of carbonyl (C=O) groups is 3. The molecule has 0 aromatic heterocycles. The van der Waals surface area contributed by atoms with Crippen molar-refractivity contribution in [2.45, 2.75) is 63.9 Å². The standard InChI is InChI=1S/C22H33N3O6S/c1-14(2)18(19(26)24-21(23)28)31-20(27)15-10-12-25(13-11-15)32(29,30)17-8-6-16(7-9-17)22(3,4)5/h6-9,14-15,18H,10-13H2,1-5H3,(H3,23,24,26,28). The van der Waals surface area contributed by atoms with Gasteiger partial charge in [0, 0.05) is 13.1 Å². The number of esters is 1. The molecular formula is C22H33N3O6S. The fourth-order valence-corrected chi connectivity index (χ4v) is 4.98. The van der Waals surface area contributed by atoms with E-state index in [4.69, 9.17) is 10.5 Å². The number of benzene rings is 1. The number of ether oxygens (including phenoxy) is 1. The van der Waals surface area contributed by atoms with Crippen LogP contribution in [0.2, 0.25) is 0 Å². The van der Waals surface area contributed by atoms with Crippen molar-refractivity contribution in [1.29, 1.82) is 0 Å². The number of primary amides is 1. The number of nitrogens with two attached hydrogens (primary N) is 1. The van der Waals surface area contributed by atoms with Gasteiger partial charge in [0.1, 0.15) is 0 Å². The highest BCUT2D eigenvalue weighted by Gasteiger charge is 2.35. The molecule has 178 valence electrons. The van der Waals surface area contributed by atoms with Crippen LogP contribution in [0, 0.1) is 11.8 Å². The molecule has 0 radical (unpaired) electrons. The molecule has 0 bridgehead atoms. The van der Waals surface area contributed by atoms with Gasteiger partial charge in [-0.3, -0.25) is 14.9 Å². The van der Waals surface area contributed by atoms with Crippen LogP contribution in [0.25, 0.3) is 0 Å². The van der Waals surface area contributed by atoms with Crippen molar-refractivity contribution < 1.29 is 27.5 Å². The first-order valence-electron chi connectivity index (χ1n) is 10.6. The molecule has 3 N–H and O–H groups in total. The summed E-state index contributed by atoms with van der Waals surface area (Å²) < 4.78 is 32.7. The van der Waals surface area contributed by atoms with Gasteiger partial charge in [0.05, 0.1) is 10.8 Å². The molecule has 9 nitrogen and oxygen atoms in total. The summed E-state index contributed by atoms with van der Waals surface area (Å²) in [6, 6.07) is 5.84. The predicted molar refractivity (Wildman–Crippen MR) is 119 cm³/mol. The summed E-state index contributed by atoms with van der Waals surface area (Å²) in [6.45, 7) is 9.87. The Morgan fingerprint density at radius 2 is 1.62 bits per heavy atom. The van der Waals surface area contributed by atoms with E-state index in [-0.39, 0.29) is 42.2 Å². The molecule has 1 aromatic carbocycles. The lowest BCUT2D eigenvalue weighted by Gasteiger charge is -2.31. The van der Waals surface area contributed by atoms with E-state index in [1.165, 1.54) is 4.31 Å². The molecule has 3 amide bonds. The van der Waals surface area contributed by atoms with Crippen molar-refractivity contribution in [3.05, 3.63) is 29.8 Å². The number of piperidine rings is 1. The largest absolute Gasteiger partial charge is 0.452 e. The summed E-state index contributed by atoms with van der Waals surface area (Å²) in [5.74, 6) is -2.27. The third kappa shape index (κ3) is 6.29. The first kappa shape index (κ1) is 25.8. The van der Waals surface area contributed by atoms with Crippen molar-refractivity contribution >= 4 is 27.9 Å². The summed E-state index contributed by atoms with van der Waals surface area (Å²) in [6.07, 6.45) is -0.598. The van der Waals surface area contributed by atoms with Crippen LogP contribution < -0.4 is 11.1 Å². The van der Waals surface area contributed by atoms with Gasteiger partial charge >= 0.3 is 12.0 Å². The molecule has 1 fully saturated rings. The Kier molecular flexibility index (Phi) is 8.06. The van der Waals surface area contributed by atoms with Gasteiger partial charge in [-0.05, 0) is 41.9 Å². The third-order valence-electron chi connectivity index (χ3n) is 5.50. The van der Waals surface area contributed by atoms with E-state index in [1.54, 1.807) is 26.0 Å². The summed E-state index contributed by atoms with van der Waals surface area (Å²) in [7, 11) is -3.67. The van der Waals surface area contributed by atoms with Crippen LogP contribution in [0.1, 0.15) is 53.0 Å². The van der Waals surface area contributed by atoms with Gasteiger partial charge in [0.2, 0.25) is 10.0 Å². The van der Waals surface area contributed by atoms with Gasteiger partial charge in [0.25, 0.3) is 5.91 Å². The maximum atomic E-state index is 13.0. The zero-order valence-corrected chi connectivity index (χ0v) is 20.1. The van der Waals surface area contributed by atoms with E-state index < -0.39 is 40.0 Å². The number of imide groups is 1. The number of rotatable bonds is 6. The highest BCUT2D eigenvalue weighted by Crippen LogP contribution is 2.28. The topological polar surface area (TPSA) is 136 Å². The molecule has 32 heavy (non-hydrogen) atoms. The third-order valence-corrected chi connectivity index (χ3v) is 7.41. The second kappa shape index (κ2) is 9.99. The van der Waals surface area contributed by atoms with Gasteiger partial charge in [-0.2, -0.15) is 4.31 Å². The Balaban J connectivity index is 2.01. The van der Waals surface area contributed by atoms with Crippen LogP contribution in [0.5, 0.6) is 0 Å². The molecule has 1 aliphatic rings. The van der Waals surface area contributed by atoms with E-state index in [0.717, 1.165) is 5.56 Å². The lowest BCUT2D eigenvalue weighted by Crippen LogP contribution is -2.47. The lowest BCUT2D eigenvalue weighted by atomic mass is 9.87. The summed E-state index contributed by atoms with van der Waals surface area (Å²) in [5.41, 5.74) is 5.92. The van der Waals surface area contributed by atoms with Gasteiger partial charge in [-0.15, -0.1) is 0 Å². The molecule has 2 rings (SSSR count). The van der Waals surface area contributed by atoms with Crippen LogP contribution in [-0.2, 0) is 29.8 Å². The molecule has 1 aromatic rings. The predicted octanol–water partition coefficient (Wildman–Crippen LogP) is 2.15. The Morgan fingerprint density at radius 1 is 1.09 bits per heavy atom. The number of nitrogens with zero attached hydrogens (tertiary/aromatic N) is 1. The van der Waals surface area contributed by atoms with E-state index in [0.29, 0.717) is 0 Å². The minimum Gasteiger partial charge on any atom is -0.452 e. The maximum Gasteiger partial charge on any atom is 0.318 e. The molecule has 0 saturated carbocycles. The molecule has 1 unspecified atom stereocenters. The average Bonchev–Trinajstić information content (AvgIpc) is 2.70. The molecule has 1 aliphatic heterocycles. The number of hydrogen-bond donors (Lipinski definition) is 2. The average molecular weight is 468 g/mol. The van der Waals surface area contributed by atoms with Crippen molar-refractivity contribution in [1.82, 2.24) is 9.62 Å². The first-order chi connectivity index (χ1) is 14.7. The Bertz CT molecular complexity index is 943. The fraction of sp³-hybridized carbons (Fsp3) is 0.591. The molecule has 0 spiro atoms. The van der Waals surface area contributed by atoms with Crippen LogP contribution >= 0.6 is 0 Å². The molecular weight excluding hydrogens is 434 g/mol.